The van der Waals surface area contributed by atoms with E-state index in [0.717, 1.165) is 30.1 Å². The minimum Gasteiger partial charge on any atom is -0.396 e. The fourth-order valence-electron chi connectivity index (χ4n) is 1.43. The molecular formula is C11H20N2OS. The third kappa shape index (κ3) is 3.89. The molecule has 1 rings (SSSR count). The summed E-state index contributed by atoms with van der Waals surface area (Å²) in [7, 11) is 0. The van der Waals surface area contributed by atoms with Crippen LogP contribution in [0.3, 0.4) is 0 Å². The molecule has 2 N–H and O–H groups in total. The Balaban J connectivity index is 2.47. The van der Waals surface area contributed by atoms with E-state index in [1.54, 1.807) is 11.3 Å². The van der Waals surface area contributed by atoms with Crippen LogP contribution in [0.1, 0.15) is 37.4 Å². The summed E-state index contributed by atoms with van der Waals surface area (Å²) in [5.74, 6) is 0. The van der Waals surface area contributed by atoms with Crippen molar-refractivity contribution in [2.45, 2.75) is 45.7 Å². The third-order valence-electron chi connectivity index (χ3n) is 2.81. The monoisotopic (exact) mass is 228 g/mol. The second-order valence-corrected chi connectivity index (χ2v) is 5.16. The van der Waals surface area contributed by atoms with Gasteiger partial charge in [0.1, 0.15) is 0 Å². The van der Waals surface area contributed by atoms with Crippen molar-refractivity contribution in [2.24, 2.45) is 0 Å². The van der Waals surface area contributed by atoms with Crippen molar-refractivity contribution in [1.29, 1.82) is 0 Å². The van der Waals surface area contributed by atoms with Gasteiger partial charge in [-0.3, -0.25) is 0 Å². The van der Waals surface area contributed by atoms with E-state index in [0.29, 0.717) is 0 Å². The number of thiazole rings is 1. The summed E-state index contributed by atoms with van der Waals surface area (Å²) in [6.45, 7) is 7.31. The molecule has 0 fully saturated rings. The zero-order valence-electron chi connectivity index (χ0n) is 9.71. The molecule has 0 aliphatic carbocycles. The quantitative estimate of drug-likeness (QED) is 0.783. The number of aryl methyl sites for hydroxylation is 1. The Labute approximate surface area is 95.6 Å². The lowest BCUT2D eigenvalue weighted by molar-refractivity contribution is 0.214. The predicted molar refractivity (Wildman–Crippen MR) is 64.1 cm³/mol. The van der Waals surface area contributed by atoms with Gasteiger partial charge in [-0.15, -0.1) is 11.3 Å². The average Bonchev–Trinajstić information content (AvgIpc) is 2.62. The maximum atomic E-state index is 8.98. The Hall–Kier alpha value is -0.450. The molecule has 0 aromatic carbocycles. The summed E-state index contributed by atoms with van der Waals surface area (Å²) in [5.41, 5.74) is 1.11. The van der Waals surface area contributed by atoms with E-state index >= 15 is 0 Å². The standard InChI is InChI=1S/C11H20N2OS/c1-4-11(3,5-6-14)12-7-10-8-15-9(2)13-10/h8,12,14H,4-7H2,1-3H3. The highest BCUT2D eigenvalue weighted by Gasteiger charge is 2.20. The summed E-state index contributed by atoms with van der Waals surface area (Å²) in [6.07, 6.45) is 1.79. The van der Waals surface area contributed by atoms with Crippen LogP contribution in [-0.2, 0) is 6.54 Å². The van der Waals surface area contributed by atoms with Gasteiger partial charge in [0.2, 0.25) is 0 Å². The highest BCUT2D eigenvalue weighted by Crippen LogP contribution is 2.15. The van der Waals surface area contributed by atoms with Gasteiger partial charge < -0.3 is 10.4 Å². The van der Waals surface area contributed by atoms with E-state index in [-0.39, 0.29) is 12.1 Å². The van der Waals surface area contributed by atoms with Crippen molar-refractivity contribution in [2.75, 3.05) is 6.61 Å². The zero-order chi connectivity index (χ0) is 11.3. The number of hydrogen-bond acceptors (Lipinski definition) is 4. The van der Waals surface area contributed by atoms with E-state index in [2.05, 4.69) is 29.5 Å². The number of aliphatic hydroxyl groups excluding tert-OH is 1. The van der Waals surface area contributed by atoms with Crippen molar-refractivity contribution in [3.05, 3.63) is 16.1 Å². The number of hydrogen-bond donors (Lipinski definition) is 2. The van der Waals surface area contributed by atoms with Crippen LogP contribution in [0.5, 0.6) is 0 Å². The molecule has 0 radical (unpaired) electrons. The molecule has 1 aromatic heterocycles. The molecular weight excluding hydrogens is 208 g/mol. The van der Waals surface area contributed by atoms with Gasteiger partial charge in [-0.1, -0.05) is 6.92 Å². The summed E-state index contributed by atoms with van der Waals surface area (Å²) < 4.78 is 0. The molecule has 1 atom stereocenters. The zero-order valence-corrected chi connectivity index (χ0v) is 10.5. The highest BCUT2D eigenvalue weighted by atomic mass is 32.1. The highest BCUT2D eigenvalue weighted by molar-refractivity contribution is 7.09. The van der Waals surface area contributed by atoms with Crippen LogP contribution in [0.15, 0.2) is 5.38 Å². The van der Waals surface area contributed by atoms with E-state index in [1.807, 2.05) is 6.92 Å². The summed E-state index contributed by atoms with van der Waals surface area (Å²) in [6, 6.07) is 0. The van der Waals surface area contributed by atoms with Crippen LogP contribution in [-0.4, -0.2) is 22.2 Å². The lowest BCUT2D eigenvalue weighted by Gasteiger charge is -2.28. The van der Waals surface area contributed by atoms with Crippen molar-refractivity contribution in [3.8, 4) is 0 Å². The topological polar surface area (TPSA) is 45.1 Å². The van der Waals surface area contributed by atoms with Gasteiger partial charge >= 0.3 is 0 Å². The van der Waals surface area contributed by atoms with Crippen LogP contribution >= 0.6 is 11.3 Å². The summed E-state index contributed by atoms with van der Waals surface area (Å²) >= 11 is 1.68. The SMILES string of the molecule is CCC(C)(CCO)NCc1csc(C)n1. The molecule has 0 aliphatic rings. The Morgan fingerprint density at radius 3 is 2.80 bits per heavy atom. The van der Waals surface area contributed by atoms with Crippen LogP contribution < -0.4 is 5.32 Å². The van der Waals surface area contributed by atoms with Crippen molar-refractivity contribution in [3.63, 3.8) is 0 Å². The Kier molecular flexibility index (Phi) is 4.70. The fraction of sp³-hybridized carbons (Fsp3) is 0.727. The number of aliphatic hydroxyl groups is 1. The Morgan fingerprint density at radius 2 is 2.33 bits per heavy atom. The normalized spacial score (nSPS) is 15.2. The molecule has 0 saturated carbocycles. The van der Waals surface area contributed by atoms with E-state index in [1.165, 1.54) is 0 Å². The molecule has 0 spiro atoms. The van der Waals surface area contributed by atoms with E-state index < -0.39 is 0 Å². The first-order chi connectivity index (χ1) is 7.09. The first kappa shape index (κ1) is 12.6. The minimum atomic E-state index is 0.0201. The molecule has 1 unspecified atom stereocenters. The van der Waals surface area contributed by atoms with Gasteiger partial charge in [0.25, 0.3) is 0 Å². The number of nitrogens with one attached hydrogen (secondary N) is 1. The molecule has 3 nitrogen and oxygen atoms in total. The molecule has 0 amide bonds. The van der Waals surface area contributed by atoms with Crippen LogP contribution in [0.2, 0.25) is 0 Å². The lowest BCUT2D eigenvalue weighted by Crippen LogP contribution is -2.42. The maximum Gasteiger partial charge on any atom is 0.0897 e. The summed E-state index contributed by atoms with van der Waals surface area (Å²) in [5, 5.41) is 15.6. The molecule has 0 saturated heterocycles. The molecule has 15 heavy (non-hydrogen) atoms. The van der Waals surface area contributed by atoms with Gasteiger partial charge in [0.15, 0.2) is 0 Å². The predicted octanol–water partition coefficient (Wildman–Crippen LogP) is 2.09. The Morgan fingerprint density at radius 1 is 1.60 bits per heavy atom. The van der Waals surface area contributed by atoms with Crippen LogP contribution in [0, 0.1) is 6.92 Å². The van der Waals surface area contributed by atoms with Gasteiger partial charge in [0.05, 0.1) is 10.7 Å². The second kappa shape index (κ2) is 5.58. The second-order valence-electron chi connectivity index (χ2n) is 4.10. The smallest absolute Gasteiger partial charge is 0.0897 e. The number of nitrogens with zero attached hydrogens (tertiary/aromatic N) is 1. The fourth-order valence-corrected chi connectivity index (χ4v) is 2.04. The third-order valence-corrected chi connectivity index (χ3v) is 3.63. The van der Waals surface area contributed by atoms with Crippen LogP contribution in [0.25, 0.3) is 0 Å². The number of aromatic nitrogens is 1. The molecule has 4 heteroatoms. The molecule has 86 valence electrons. The van der Waals surface area contributed by atoms with E-state index in [9.17, 15) is 0 Å². The maximum absolute atomic E-state index is 8.98. The van der Waals surface area contributed by atoms with Crippen molar-refractivity contribution >= 4 is 11.3 Å². The average molecular weight is 228 g/mol. The van der Waals surface area contributed by atoms with Crippen molar-refractivity contribution < 1.29 is 5.11 Å². The molecule has 1 aromatic rings. The minimum absolute atomic E-state index is 0.0201. The first-order valence-corrected chi connectivity index (χ1v) is 6.24. The molecule has 0 bridgehead atoms. The largest absolute Gasteiger partial charge is 0.396 e. The van der Waals surface area contributed by atoms with Gasteiger partial charge in [-0.25, -0.2) is 4.98 Å². The van der Waals surface area contributed by atoms with Gasteiger partial charge in [-0.2, -0.15) is 0 Å². The summed E-state index contributed by atoms with van der Waals surface area (Å²) in [4.78, 5) is 4.40. The van der Waals surface area contributed by atoms with Crippen molar-refractivity contribution in [1.82, 2.24) is 10.3 Å². The Bertz CT molecular complexity index is 301. The van der Waals surface area contributed by atoms with E-state index in [4.69, 9.17) is 5.11 Å². The first-order valence-electron chi connectivity index (χ1n) is 5.36. The van der Waals surface area contributed by atoms with Crippen LogP contribution in [0.4, 0.5) is 0 Å². The van der Waals surface area contributed by atoms with Gasteiger partial charge in [0, 0.05) is 24.1 Å². The molecule has 0 aliphatic heterocycles. The lowest BCUT2D eigenvalue weighted by atomic mass is 9.95. The van der Waals surface area contributed by atoms with Gasteiger partial charge in [-0.05, 0) is 26.7 Å². The number of rotatable bonds is 6. The molecule has 1 heterocycles.